The fraction of sp³-hybridized carbons (Fsp3) is 1.00. The standard InChI is InChI=1S/C14H27N/c1-5-11-7-6-8-12-10(2)9-14(3,4)15-13(11)12/h10-13,15H,5-9H2,1-4H3. The molecule has 0 aromatic heterocycles. The first-order valence-electron chi connectivity index (χ1n) is 6.81. The van der Waals surface area contributed by atoms with Crippen LogP contribution >= 0.6 is 0 Å². The highest BCUT2D eigenvalue weighted by Gasteiger charge is 2.43. The van der Waals surface area contributed by atoms with E-state index >= 15 is 0 Å². The number of hydrogen-bond acceptors (Lipinski definition) is 1. The third kappa shape index (κ3) is 2.22. The van der Waals surface area contributed by atoms with Gasteiger partial charge in [0.05, 0.1) is 0 Å². The lowest BCUT2D eigenvalue weighted by molar-refractivity contribution is 0.0457. The highest BCUT2D eigenvalue weighted by Crippen LogP contribution is 2.42. The molecule has 1 heterocycles. The van der Waals surface area contributed by atoms with Crippen LogP contribution in [0.25, 0.3) is 0 Å². The van der Waals surface area contributed by atoms with Crippen LogP contribution in [0.5, 0.6) is 0 Å². The Hall–Kier alpha value is -0.0400. The Labute approximate surface area is 95.0 Å². The molecule has 1 aliphatic carbocycles. The van der Waals surface area contributed by atoms with Gasteiger partial charge in [-0.15, -0.1) is 0 Å². The van der Waals surface area contributed by atoms with Crippen LogP contribution in [0.3, 0.4) is 0 Å². The highest BCUT2D eigenvalue weighted by molar-refractivity contribution is 4.99. The van der Waals surface area contributed by atoms with Gasteiger partial charge in [-0.05, 0) is 50.9 Å². The summed E-state index contributed by atoms with van der Waals surface area (Å²) in [5.41, 5.74) is 0.366. The molecule has 0 radical (unpaired) electrons. The molecular formula is C14H27N. The van der Waals surface area contributed by atoms with Gasteiger partial charge in [-0.2, -0.15) is 0 Å². The first-order valence-corrected chi connectivity index (χ1v) is 6.81. The van der Waals surface area contributed by atoms with Gasteiger partial charge < -0.3 is 5.32 Å². The quantitative estimate of drug-likeness (QED) is 0.696. The Balaban J connectivity index is 2.14. The summed E-state index contributed by atoms with van der Waals surface area (Å²) in [6.07, 6.45) is 7.09. The molecule has 1 heteroatoms. The van der Waals surface area contributed by atoms with Gasteiger partial charge in [0.2, 0.25) is 0 Å². The Kier molecular flexibility index (Phi) is 3.12. The van der Waals surface area contributed by atoms with Crippen LogP contribution in [-0.4, -0.2) is 11.6 Å². The van der Waals surface area contributed by atoms with Gasteiger partial charge in [0.1, 0.15) is 0 Å². The molecule has 1 saturated heterocycles. The van der Waals surface area contributed by atoms with Gasteiger partial charge in [-0.3, -0.25) is 0 Å². The summed E-state index contributed by atoms with van der Waals surface area (Å²) in [6, 6.07) is 0.808. The van der Waals surface area contributed by atoms with Crippen LogP contribution in [0.15, 0.2) is 0 Å². The number of piperidine rings is 1. The lowest BCUT2D eigenvalue weighted by Crippen LogP contribution is -2.60. The molecule has 15 heavy (non-hydrogen) atoms. The molecule has 0 bridgehead atoms. The minimum atomic E-state index is 0.366. The van der Waals surface area contributed by atoms with E-state index in [0.717, 1.165) is 23.8 Å². The predicted octanol–water partition coefficient (Wildman–Crippen LogP) is 3.59. The molecule has 0 spiro atoms. The fourth-order valence-corrected chi connectivity index (χ4v) is 4.11. The van der Waals surface area contributed by atoms with Crippen molar-refractivity contribution >= 4 is 0 Å². The van der Waals surface area contributed by atoms with Crippen molar-refractivity contribution in [1.82, 2.24) is 5.32 Å². The fourth-order valence-electron chi connectivity index (χ4n) is 4.11. The maximum atomic E-state index is 3.93. The van der Waals surface area contributed by atoms with E-state index in [-0.39, 0.29) is 0 Å². The summed E-state index contributed by atoms with van der Waals surface area (Å²) in [6.45, 7) is 9.58. The molecule has 0 aromatic rings. The zero-order chi connectivity index (χ0) is 11.1. The molecule has 2 aliphatic rings. The average Bonchev–Trinajstić information content (AvgIpc) is 2.15. The van der Waals surface area contributed by atoms with E-state index in [1.165, 1.54) is 32.1 Å². The largest absolute Gasteiger partial charge is 0.308 e. The molecular weight excluding hydrogens is 182 g/mol. The topological polar surface area (TPSA) is 12.0 Å². The van der Waals surface area contributed by atoms with Crippen molar-refractivity contribution in [2.24, 2.45) is 17.8 Å². The molecule has 0 amide bonds. The van der Waals surface area contributed by atoms with Gasteiger partial charge in [0.15, 0.2) is 0 Å². The molecule has 1 nitrogen and oxygen atoms in total. The van der Waals surface area contributed by atoms with E-state index < -0.39 is 0 Å². The second-order valence-electron chi connectivity index (χ2n) is 6.50. The molecule has 1 N–H and O–H groups in total. The molecule has 1 aliphatic heterocycles. The van der Waals surface area contributed by atoms with E-state index in [4.69, 9.17) is 0 Å². The SMILES string of the molecule is CCC1CCCC2C(C)CC(C)(C)NC12. The summed E-state index contributed by atoms with van der Waals surface area (Å²) in [5, 5.41) is 3.93. The third-order valence-corrected chi connectivity index (χ3v) is 4.73. The smallest absolute Gasteiger partial charge is 0.0131 e. The lowest BCUT2D eigenvalue weighted by atomic mass is 9.65. The summed E-state index contributed by atoms with van der Waals surface area (Å²) in [7, 11) is 0. The van der Waals surface area contributed by atoms with E-state index in [2.05, 4.69) is 33.0 Å². The minimum absolute atomic E-state index is 0.366. The van der Waals surface area contributed by atoms with E-state index in [1.807, 2.05) is 0 Å². The molecule has 2 rings (SSSR count). The number of nitrogens with one attached hydrogen (secondary N) is 1. The molecule has 4 unspecified atom stereocenters. The maximum Gasteiger partial charge on any atom is 0.0131 e. The van der Waals surface area contributed by atoms with Crippen molar-refractivity contribution in [3.05, 3.63) is 0 Å². The molecule has 1 saturated carbocycles. The van der Waals surface area contributed by atoms with Crippen LogP contribution in [0.4, 0.5) is 0 Å². The second kappa shape index (κ2) is 4.08. The number of rotatable bonds is 1. The van der Waals surface area contributed by atoms with Crippen molar-refractivity contribution in [3.63, 3.8) is 0 Å². The summed E-state index contributed by atoms with van der Waals surface area (Å²) in [5.74, 6) is 2.81. The van der Waals surface area contributed by atoms with Gasteiger partial charge in [0, 0.05) is 11.6 Å². The van der Waals surface area contributed by atoms with Gasteiger partial charge in [0.25, 0.3) is 0 Å². The van der Waals surface area contributed by atoms with Gasteiger partial charge >= 0.3 is 0 Å². The Bertz CT molecular complexity index is 221. The normalized spacial score (nSPS) is 44.8. The number of hydrogen-bond donors (Lipinski definition) is 1. The maximum absolute atomic E-state index is 3.93. The van der Waals surface area contributed by atoms with E-state index in [9.17, 15) is 0 Å². The summed E-state index contributed by atoms with van der Waals surface area (Å²) in [4.78, 5) is 0. The number of fused-ring (bicyclic) bond motifs is 1. The Morgan fingerprint density at radius 1 is 1.27 bits per heavy atom. The predicted molar refractivity (Wildman–Crippen MR) is 65.9 cm³/mol. The van der Waals surface area contributed by atoms with E-state index in [0.29, 0.717) is 5.54 Å². The van der Waals surface area contributed by atoms with Crippen molar-refractivity contribution in [1.29, 1.82) is 0 Å². The van der Waals surface area contributed by atoms with Crippen LogP contribution < -0.4 is 5.32 Å². The van der Waals surface area contributed by atoms with Crippen LogP contribution in [0.2, 0.25) is 0 Å². The zero-order valence-corrected chi connectivity index (χ0v) is 10.8. The van der Waals surface area contributed by atoms with Crippen molar-refractivity contribution in [2.75, 3.05) is 0 Å². The minimum Gasteiger partial charge on any atom is -0.308 e. The summed E-state index contributed by atoms with van der Waals surface area (Å²) < 4.78 is 0. The monoisotopic (exact) mass is 209 g/mol. The lowest BCUT2D eigenvalue weighted by Gasteiger charge is -2.51. The van der Waals surface area contributed by atoms with Crippen molar-refractivity contribution in [2.45, 2.75) is 71.4 Å². The first-order chi connectivity index (χ1) is 7.03. The molecule has 2 fully saturated rings. The third-order valence-electron chi connectivity index (χ3n) is 4.73. The molecule has 88 valence electrons. The van der Waals surface area contributed by atoms with Crippen LogP contribution in [0, 0.1) is 17.8 Å². The molecule has 0 aromatic carbocycles. The Morgan fingerprint density at radius 2 is 2.00 bits per heavy atom. The highest BCUT2D eigenvalue weighted by atomic mass is 15.0. The second-order valence-corrected chi connectivity index (χ2v) is 6.50. The summed E-state index contributed by atoms with van der Waals surface area (Å²) >= 11 is 0. The molecule has 4 atom stereocenters. The Morgan fingerprint density at radius 3 is 2.67 bits per heavy atom. The van der Waals surface area contributed by atoms with Crippen LogP contribution in [-0.2, 0) is 0 Å². The van der Waals surface area contributed by atoms with Gasteiger partial charge in [-0.1, -0.05) is 26.7 Å². The van der Waals surface area contributed by atoms with Crippen molar-refractivity contribution in [3.8, 4) is 0 Å². The van der Waals surface area contributed by atoms with Crippen molar-refractivity contribution < 1.29 is 0 Å². The van der Waals surface area contributed by atoms with Gasteiger partial charge in [-0.25, -0.2) is 0 Å². The van der Waals surface area contributed by atoms with Crippen LogP contribution in [0.1, 0.15) is 59.8 Å². The zero-order valence-electron chi connectivity index (χ0n) is 10.8. The van der Waals surface area contributed by atoms with E-state index in [1.54, 1.807) is 0 Å². The average molecular weight is 209 g/mol. The first kappa shape index (κ1) is 11.4.